The number of hydrogen-bond donors (Lipinski definition) is 0. The zero-order chi connectivity index (χ0) is 23.0. The lowest BCUT2D eigenvalue weighted by Crippen LogP contribution is -2.54. The summed E-state index contributed by atoms with van der Waals surface area (Å²) in [5, 5.41) is 0.433. The van der Waals surface area contributed by atoms with Gasteiger partial charge in [0.25, 0.3) is 0 Å². The summed E-state index contributed by atoms with van der Waals surface area (Å²) < 4.78 is 35.0. The predicted octanol–water partition coefficient (Wildman–Crippen LogP) is 4.42. The summed E-state index contributed by atoms with van der Waals surface area (Å²) in [6.07, 6.45) is 2.40. The minimum absolute atomic E-state index is 0.0741. The van der Waals surface area contributed by atoms with Gasteiger partial charge in [-0.3, -0.25) is 4.98 Å². The number of carbonyl (C=O) groups is 1. The van der Waals surface area contributed by atoms with Crippen LogP contribution in [0.3, 0.4) is 0 Å². The van der Waals surface area contributed by atoms with Crippen LogP contribution in [0.4, 0.5) is 19.4 Å². The number of nitrogens with zero attached hydrogens (tertiary/aromatic N) is 5. The van der Waals surface area contributed by atoms with Gasteiger partial charge in [0.05, 0.1) is 5.39 Å². The van der Waals surface area contributed by atoms with E-state index in [0.717, 1.165) is 0 Å². The number of anilines is 1. The van der Waals surface area contributed by atoms with Gasteiger partial charge in [-0.15, -0.1) is 0 Å². The van der Waals surface area contributed by atoms with E-state index >= 15 is 4.39 Å². The molecule has 9 heteroatoms. The fraction of sp³-hybridized carbons (Fsp3) is 0.391. The molecule has 0 N–H and O–H groups in total. The molecule has 0 bridgehead atoms. The van der Waals surface area contributed by atoms with Crippen molar-refractivity contribution in [2.24, 2.45) is 0 Å². The molecule has 1 fully saturated rings. The van der Waals surface area contributed by atoms with Crippen LogP contribution in [0, 0.1) is 11.6 Å². The highest BCUT2D eigenvalue weighted by Crippen LogP contribution is 2.32. The molecule has 1 aliphatic rings. The van der Waals surface area contributed by atoms with Gasteiger partial charge in [-0.1, -0.05) is 12.1 Å². The van der Waals surface area contributed by atoms with Gasteiger partial charge in [0, 0.05) is 37.4 Å². The normalized spacial score (nSPS) is 17.0. The van der Waals surface area contributed by atoms with E-state index in [1.54, 1.807) is 11.0 Å². The molecule has 2 aromatic heterocycles. The molecule has 1 aromatic carbocycles. The number of benzene rings is 1. The number of pyridine rings is 1. The molecule has 3 aromatic rings. The first kappa shape index (κ1) is 21.9. The SMILES string of the molecule is C[C@H]1CN(C(=O)OC(C)(C)C)CCN1c1ncnc2c(F)c(-c3ccccc3F)ncc12. The number of fused-ring (bicyclic) bond motifs is 1. The minimum atomic E-state index is -0.698. The van der Waals surface area contributed by atoms with Crippen molar-refractivity contribution in [3.8, 4) is 11.3 Å². The van der Waals surface area contributed by atoms with Crippen LogP contribution in [0.15, 0.2) is 36.8 Å². The Hall–Kier alpha value is -3.36. The zero-order valence-corrected chi connectivity index (χ0v) is 18.5. The summed E-state index contributed by atoms with van der Waals surface area (Å²) in [4.78, 5) is 28.7. The minimum Gasteiger partial charge on any atom is -0.444 e. The van der Waals surface area contributed by atoms with Gasteiger partial charge < -0.3 is 14.5 Å². The standard InChI is InChI=1S/C23H25F2N5O2/c1-14-12-29(22(31)32-23(2,3)4)9-10-30(14)21-16-11-26-19(15-7-5-6-8-17(15)24)18(25)20(16)27-13-28-21/h5-8,11,13-14H,9-10,12H2,1-4H3/t14-/m0/s1. The Labute approximate surface area is 185 Å². The van der Waals surface area contributed by atoms with Crippen molar-refractivity contribution in [2.75, 3.05) is 24.5 Å². The molecule has 1 atom stereocenters. The smallest absolute Gasteiger partial charge is 0.410 e. The average Bonchev–Trinajstić information content (AvgIpc) is 2.73. The predicted molar refractivity (Wildman–Crippen MR) is 117 cm³/mol. The first-order chi connectivity index (χ1) is 15.2. The van der Waals surface area contributed by atoms with Crippen molar-refractivity contribution in [3.05, 3.63) is 48.4 Å². The highest BCUT2D eigenvalue weighted by atomic mass is 19.1. The second-order valence-corrected chi connectivity index (χ2v) is 8.83. The van der Waals surface area contributed by atoms with Crippen LogP contribution in [0.2, 0.25) is 0 Å². The Balaban J connectivity index is 1.64. The van der Waals surface area contributed by atoms with E-state index in [2.05, 4.69) is 15.0 Å². The van der Waals surface area contributed by atoms with Gasteiger partial charge in [-0.05, 0) is 39.8 Å². The van der Waals surface area contributed by atoms with Gasteiger partial charge in [-0.2, -0.15) is 0 Å². The van der Waals surface area contributed by atoms with Crippen molar-refractivity contribution in [1.82, 2.24) is 19.9 Å². The summed E-state index contributed by atoms with van der Waals surface area (Å²) >= 11 is 0. The molecule has 4 rings (SSSR count). The summed E-state index contributed by atoms with van der Waals surface area (Å²) in [6.45, 7) is 8.81. The lowest BCUT2D eigenvalue weighted by molar-refractivity contribution is 0.0218. The Morgan fingerprint density at radius 2 is 1.88 bits per heavy atom. The molecule has 168 valence electrons. The second kappa shape index (κ2) is 8.29. The van der Waals surface area contributed by atoms with E-state index in [0.29, 0.717) is 30.8 Å². The number of carbonyl (C=O) groups excluding carboxylic acids is 1. The lowest BCUT2D eigenvalue weighted by atomic mass is 10.1. The molecule has 0 unspecified atom stereocenters. The van der Waals surface area contributed by atoms with Gasteiger partial charge in [0.1, 0.15) is 34.8 Å². The van der Waals surface area contributed by atoms with Crippen LogP contribution >= 0.6 is 0 Å². The lowest BCUT2D eigenvalue weighted by Gasteiger charge is -2.41. The van der Waals surface area contributed by atoms with Crippen LogP contribution in [0.1, 0.15) is 27.7 Å². The monoisotopic (exact) mass is 441 g/mol. The van der Waals surface area contributed by atoms with Gasteiger partial charge in [0.2, 0.25) is 0 Å². The van der Waals surface area contributed by atoms with Gasteiger partial charge in [0.15, 0.2) is 5.82 Å². The molecule has 3 heterocycles. The molecule has 1 aliphatic heterocycles. The number of hydrogen-bond acceptors (Lipinski definition) is 6. The molecule has 0 aliphatic carbocycles. The molecule has 0 saturated carbocycles. The fourth-order valence-corrected chi connectivity index (χ4v) is 3.81. The highest BCUT2D eigenvalue weighted by Gasteiger charge is 2.31. The van der Waals surface area contributed by atoms with Crippen LogP contribution < -0.4 is 4.90 Å². The van der Waals surface area contributed by atoms with Crippen LogP contribution in [0.25, 0.3) is 22.2 Å². The largest absolute Gasteiger partial charge is 0.444 e. The third-order valence-corrected chi connectivity index (χ3v) is 5.28. The van der Waals surface area contributed by atoms with Gasteiger partial charge in [-0.25, -0.2) is 23.5 Å². The molecular weight excluding hydrogens is 416 g/mol. The van der Waals surface area contributed by atoms with Crippen LogP contribution in [-0.4, -0.2) is 57.2 Å². The van der Waals surface area contributed by atoms with Crippen molar-refractivity contribution in [2.45, 2.75) is 39.3 Å². The Morgan fingerprint density at radius 3 is 2.56 bits per heavy atom. The number of piperazine rings is 1. The molecule has 32 heavy (non-hydrogen) atoms. The van der Waals surface area contributed by atoms with E-state index in [9.17, 15) is 9.18 Å². The van der Waals surface area contributed by atoms with Crippen molar-refractivity contribution >= 4 is 22.8 Å². The van der Waals surface area contributed by atoms with Crippen molar-refractivity contribution in [1.29, 1.82) is 0 Å². The topological polar surface area (TPSA) is 71.5 Å². The first-order valence-corrected chi connectivity index (χ1v) is 10.4. The number of halogens is 2. The zero-order valence-electron chi connectivity index (χ0n) is 18.5. The van der Waals surface area contributed by atoms with E-state index in [-0.39, 0.29) is 28.9 Å². The molecule has 1 saturated heterocycles. The summed E-state index contributed by atoms with van der Waals surface area (Å²) in [5.74, 6) is -0.728. The van der Waals surface area contributed by atoms with Crippen molar-refractivity contribution in [3.63, 3.8) is 0 Å². The van der Waals surface area contributed by atoms with E-state index in [1.807, 2.05) is 32.6 Å². The molecule has 7 nitrogen and oxygen atoms in total. The number of amides is 1. The van der Waals surface area contributed by atoms with Crippen molar-refractivity contribution < 1.29 is 18.3 Å². The molecule has 0 radical (unpaired) electrons. The Kier molecular flexibility index (Phi) is 5.66. The highest BCUT2D eigenvalue weighted by molar-refractivity contribution is 5.91. The average molecular weight is 441 g/mol. The Morgan fingerprint density at radius 1 is 1.12 bits per heavy atom. The van der Waals surface area contributed by atoms with E-state index < -0.39 is 17.2 Å². The maximum atomic E-state index is 15.3. The van der Waals surface area contributed by atoms with E-state index in [4.69, 9.17) is 4.74 Å². The maximum absolute atomic E-state index is 15.3. The summed E-state index contributed by atoms with van der Waals surface area (Å²) in [5.41, 5.74) is -0.515. The molecule has 1 amide bonds. The summed E-state index contributed by atoms with van der Waals surface area (Å²) in [7, 11) is 0. The molecule has 0 spiro atoms. The van der Waals surface area contributed by atoms with Crippen LogP contribution in [-0.2, 0) is 4.74 Å². The maximum Gasteiger partial charge on any atom is 0.410 e. The van der Waals surface area contributed by atoms with E-state index in [1.165, 1.54) is 30.7 Å². The number of rotatable bonds is 2. The van der Waals surface area contributed by atoms with Crippen LogP contribution in [0.5, 0.6) is 0 Å². The first-order valence-electron chi connectivity index (χ1n) is 10.4. The third-order valence-electron chi connectivity index (χ3n) is 5.28. The molecular formula is C23H25F2N5O2. The van der Waals surface area contributed by atoms with Gasteiger partial charge >= 0.3 is 6.09 Å². The quantitative estimate of drug-likeness (QED) is 0.587. The second-order valence-electron chi connectivity index (χ2n) is 8.83. The summed E-state index contributed by atoms with van der Waals surface area (Å²) in [6, 6.07) is 5.81. The fourth-order valence-electron chi connectivity index (χ4n) is 3.81. The number of aromatic nitrogens is 3. The number of ether oxygens (including phenoxy) is 1. The Bertz CT molecular complexity index is 1160. The third kappa shape index (κ3) is 4.19.